The molecule has 3 heterocycles. The number of nitrogens with one attached hydrogen (secondary N) is 1. The van der Waals surface area contributed by atoms with E-state index in [-0.39, 0.29) is 0 Å². The zero-order chi connectivity index (χ0) is 18.8. The fourth-order valence-corrected chi connectivity index (χ4v) is 4.35. The van der Waals surface area contributed by atoms with E-state index < -0.39 is 0 Å². The minimum Gasteiger partial charge on any atom is -0.497 e. The first-order valence-corrected chi connectivity index (χ1v) is 10.3. The lowest BCUT2D eigenvalue weighted by atomic mass is 10.1. The average Bonchev–Trinajstić information content (AvgIpc) is 3.01. The maximum atomic E-state index is 5.25. The van der Waals surface area contributed by atoms with Gasteiger partial charge in [0.15, 0.2) is 0 Å². The highest BCUT2D eigenvalue weighted by Crippen LogP contribution is 2.28. The lowest BCUT2D eigenvalue weighted by molar-refractivity contribution is 0.264. The molecule has 27 heavy (non-hydrogen) atoms. The first kappa shape index (κ1) is 18.5. The molecule has 1 fully saturated rings. The number of fused-ring (bicyclic) bond motifs is 1. The van der Waals surface area contributed by atoms with Gasteiger partial charge in [0.05, 0.1) is 24.6 Å². The Morgan fingerprint density at radius 1 is 1.19 bits per heavy atom. The van der Waals surface area contributed by atoms with Crippen molar-refractivity contribution >= 4 is 39.3 Å². The number of ether oxygens (including phenoxy) is 1. The summed E-state index contributed by atoms with van der Waals surface area (Å²) in [6.07, 6.45) is 4.16. The topological polar surface area (TPSA) is 55.2 Å². The maximum Gasteiger partial charge on any atom is 0.138 e. The van der Waals surface area contributed by atoms with Crippen molar-refractivity contribution in [1.82, 2.24) is 19.7 Å². The molecule has 0 unspecified atom stereocenters. The van der Waals surface area contributed by atoms with Crippen LogP contribution in [0.15, 0.2) is 36.5 Å². The van der Waals surface area contributed by atoms with Gasteiger partial charge < -0.3 is 15.0 Å². The second kappa shape index (κ2) is 8.02. The molecule has 1 aliphatic heterocycles. The molecule has 3 aromatic rings. The fraction of sp³-hybridized carbons (Fsp3) is 0.400. The van der Waals surface area contributed by atoms with Crippen molar-refractivity contribution in [3.63, 3.8) is 0 Å². The fourth-order valence-electron chi connectivity index (χ4n) is 3.56. The highest BCUT2D eigenvalue weighted by atomic mass is 127. The van der Waals surface area contributed by atoms with E-state index in [0.717, 1.165) is 58.6 Å². The summed E-state index contributed by atoms with van der Waals surface area (Å²) in [7, 11) is 3.87. The Morgan fingerprint density at radius 2 is 1.93 bits per heavy atom. The van der Waals surface area contributed by atoms with Crippen LogP contribution in [0.5, 0.6) is 5.75 Å². The van der Waals surface area contributed by atoms with Crippen molar-refractivity contribution in [2.24, 2.45) is 0 Å². The highest BCUT2D eigenvalue weighted by Gasteiger charge is 2.20. The summed E-state index contributed by atoms with van der Waals surface area (Å²) in [5.41, 5.74) is 2.30. The van der Waals surface area contributed by atoms with E-state index in [1.165, 1.54) is 5.56 Å². The third-order valence-electron chi connectivity index (χ3n) is 5.17. The Bertz CT molecular complexity index is 916. The minimum atomic E-state index is 0.472. The molecule has 1 aliphatic rings. The van der Waals surface area contributed by atoms with Gasteiger partial charge in [0.1, 0.15) is 15.3 Å². The van der Waals surface area contributed by atoms with Gasteiger partial charge in [0, 0.05) is 12.2 Å². The Hall–Kier alpha value is -1.87. The van der Waals surface area contributed by atoms with Crippen LogP contribution in [0.4, 0.5) is 5.82 Å². The molecule has 2 aromatic heterocycles. The quantitative estimate of drug-likeness (QED) is 0.570. The number of likely N-dealkylation sites (tertiary alicyclic amines) is 1. The maximum absolute atomic E-state index is 5.25. The van der Waals surface area contributed by atoms with Crippen molar-refractivity contribution < 1.29 is 4.74 Å². The first-order chi connectivity index (χ1) is 13.1. The van der Waals surface area contributed by atoms with Crippen molar-refractivity contribution in [2.75, 3.05) is 32.6 Å². The Kier molecular flexibility index (Phi) is 5.49. The SMILES string of the molecule is COc1ccc(Cn2nc(I)c3c(NC4CCN(C)CC4)nccc32)cc1. The second-order valence-corrected chi connectivity index (χ2v) is 8.09. The van der Waals surface area contributed by atoms with Crippen LogP contribution >= 0.6 is 22.6 Å². The molecule has 4 rings (SSSR count). The molecule has 0 radical (unpaired) electrons. The van der Waals surface area contributed by atoms with Crippen LogP contribution in [-0.2, 0) is 6.54 Å². The predicted molar refractivity (Wildman–Crippen MR) is 116 cm³/mol. The van der Waals surface area contributed by atoms with Crippen LogP contribution in [0.2, 0.25) is 0 Å². The first-order valence-electron chi connectivity index (χ1n) is 9.23. The largest absolute Gasteiger partial charge is 0.497 e. The molecule has 0 aliphatic carbocycles. The van der Waals surface area contributed by atoms with Gasteiger partial charge in [-0.2, -0.15) is 5.10 Å². The summed E-state index contributed by atoms with van der Waals surface area (Å²) in [5, 5.41) is 9.56. The molecule has 0 atom stereocenters. The number of rotatable bonds is 5. The van der Waals surface area contributed by atoms with Crippen LogP contribution in [0.1, 0.15) is 18.4 Å². The molecule has 1 N–H and O–H groups in total. The van der Waals surface area contributed by atoms with E-state index in [9.17, 15) is 0 Å². The summed E-state index contributed by atoms with van der Waals surface area (Å²) < 4.78 is 8.29. The van der Waals surface area contributed by atoms with Gasteiger partial charge >= 0.3 is 0 Å². The molecule has 1 aromatic carbocycles. The van der Waals surface area contributed by atoms with Crippen LogP contribution in [0.3, 0.4) is 0 Å². The van der Waals surface area contributed by atoms with E-state index in [4.69, 9.17) is 9.84 Å². The lowest BCUT2D eigenvalue weighted by Crippen LogP contribution is -2.36. The zero-order valence-corrected chi connectivity index (χ0v) is 17.8. The Labute approximate surface area is 173 Å². The molecule has 142 valence electrons. The summed E-state index contributed by atoms with van der Waals surface area (Å²) in [6.45, 7) is 2.98. The molecule has 6 nitrogen and oxygen atoms in total. The Balaban J connectivity index is 1.60. The Morgan fingerprint density at radius 3 is 2.63 bits per heavy atom. The van der Waals surface area contributed by atoms with E-state index in [1.807, 2.05) is 24.4 Å². The number of piperidine rings is 1. The number of hydrogen-bond donors (Lipinski definition) is 1. The molecular weight excluding hydrogens is 453 g/mol. The molecule has 0 amide bonds. The van der Waals surface area contributed by atoms with Crippen molar-refractivity contribution in [2.45, 2.75) is 25.4 Å². The third kappa shape index (κ3) is 4.03. The summed E-state index contributed by atoms with van der Waals surface area (Å²) >= 11 is 2.32. The number of methoxy groups -OCH3 is 1. The molecular formula is C20H24IN5O. The van der Waals surface area contributed by atoms with Gasteiger partial charge in [0.25, 0.3) is 0 Å². The zero-order valence-electron chi connectivity index (χ0n) is 15.7. The number of nitrogens with zero attached hydrogens (tertiary/aromatic N) is 4. The number of pyridine rings is 1. The van der Waals surface area contributed by atoms with Crippen LogP contribution in [-0.4, -0.2) is 53.0 Å². The van der Waals surface area contributed by atoms with Gasteiger partial charge in [-0.1, -0.05) is 12.1 Å². The average molecular weight is 477 g/mol. The number of hydrogen-bond acceptors (Lipinski definition) is 5. The van der Waals surface area contributed by atoms with Crippen LogP contribution < -0.4 is 10.1 Å². The number of benzene rings is 1. The summed E-state index contributed by atoms with van der Waals surface area (Å²) in [4.78, 5) is 7.00. The van der Waals surface area contributed by atoms with Gasteiger partial charge in [-0.3, -0.25) is 4.68 Å². The number of halogens is 1. The van der Waals surface area contributed by atoms with Gasteiger partial charge in [-0.25, -0.2) is 4.98 Å². The van der Waals surface area contributed by atoms with Crippen LogP contribution in [0.25, 0.3) is 10.9 Å². The number of anilines is 1. The monoisotopic (exact) mass is 477 g/mol. The third-order valence-corrected chi connectivity index (χ3v) is 5.93. The smallest absolute Gasteiger partial charge is 0.138 e. The van der Waals surface area contributed by atoms with E-state index in [2.05, 4.69) is 61.7 Å². The predicted octanol–water partition coefficient (Wildman–Crippen LogP) is 3.60. The molecule has 0 saturated carbocycles. The van der Waals surface area contributed by atoms with Gasteiger partial charge in [0.2, 0.25) is 0 Å². The number of aromatic nitrogens is 3. The molecule has 7 heteroatoms. The summed E-state index contributed by atoms with van der Waals surface area (Å²) in [5.74, 6) is 1.82. The van der Waals surface area contributed by atoms with Gasteiger partial charge in [-0.15, -0.1) is 0 Å². The van der Waals surface area contributed by atoms with Crippen molar-refractivity contribution in [3.05, 3.63) is 45.8 Å². The molecule has 0 spiro atoms. The van der Waals surface area contributed by atoms with E-state index in [1.54, 1.807) is 7.11 Å². The van der Waals surface area contributed by atoms with Crippen LogP contribution in [0, 0.1) is 3.70 Å². The van der Waals surface area contributed by atoms with Crippen molar-refractivity contribution in [3.8, 4) is 5.75 Å². The van der Waals surface area contributed by atoms with E-state index >= 15 is 0 Å². The van der Waals surface area contributed by atoms with Crippen molar-refractivity contribution in [1.29, 1.82) is 0 Å². The lowest BCUT2D eigenvalue weighted by Gasteiger charge is -2.29. The standard InChI is InChI=1S/C20H24IN5O/c1-25-11-8-15(9-12-25)23-20-18-17(7-10-22-20)26(24-19(18)21)13-14-3-5-16(27-2)6-4-14/h3-7,10,15H,8-9,11-13H2,1-2H3,(H,22,23). The second-order valence-electron chi connectivity index (χ2n) is 7.07. The highest BCUT2D eigenvalue weighted by molar-refractivity contribution is 14.1. The molecule has 0 bridgehead atoms. The normalized spacial score (nSPS) is 16.0. The summed E-state index contributed by atoms with van der Waals surface area (Å²) in [6, 6.07) is 10.7. The van der Waals surface area contributed by atoms with Gasteiger partial charge in [-0.05, 0) is 79.3 Å². The van der Waals surface area contributed by atoms with E-state index in [0.29, 0.717) is 6.04 Å². The molecule has 1 saturated heterocycles. The minimum absolute atomic E-state index is 0.472.